The highest BCUT2D eigenvalue weighted by Gasteiger charge is 2.14. The summed E-state index contributed by atoms with van der Waals surface area (Å²) >= 11 is 3.41. The molecule has 16 heavy (non-hydrogen) atoms. The van der Waals surface area contributed by atoms with Gasteiger partial charge in [0, 0.05) is 16.2 Å². The number of ether oxygens (including phenoxy) is 2. The second-order valence-electron chi connectivity index (χ2n) is 3.17. The maximum absolute atomic E-state index is 5.34. The van der Waals surface area contributed by atoms with Crippen LogP contribution in [0.4, 0.5) is 0 Å². The molecule has 0 radical (unpaired) electrons. The molecule has 4 nitrogen and oxygen atoms in total. The normalized spacial score (nSPS) is 10.2. The lowest BCUT2D eigenvalue weighted by atomic mass is 10.1. The zero-order valence-corrected chi connectivity index (χ0v) is 10.5. The van der Waals surface area contributed by atoms with Crippen molar-refractivity contribution in [3.8, 4) is 22.6 Å². The van der Waals surface area contributed by atoms with E-state index in [1.165, 1.54) is 0 Å². The number of hydrogen-bond acceptors (Lipinski definition) is 3. The average Bonchev–Trinajstić information content (AvgIpc) is 2.80. The van der Waals surface area contributed by atoms with Crippen LogP contribution in [-0.2, 0) is 0 Å². The molecule has 1 heterocycles. The molecule has 0 aliphatic carbocycles. The third-order valence-electron chi connectivity index (χ3n) is 2.26. The van der Waals surface area contributed by atoms with E-state index in [0.717, 1.165) is 27.1 Å². The van der Waals surface area contributed by atoms with Crippen molar-refractivity contribution in [1.82, 2.24) is 10.2 Å². The molecule has 0 aliphatic rings. The van der Waals surface area contributed by atoms with Crippen molar-refractivity contribution in [2.75, 3.05) is 14.2 Å². The Balaban J connectivity index is 2.65. The van der Waals surface area contributed by atoms with Crippen LogP contribution in [0.3, 0.4) is 0 Å². The molecule has 0 unspecified atom stereocenters. The van der Waals surface area contributed by atoms with E-state index >= 15 is 0 Å². The monoisotopic (exact) mass is 282 g/mol. The number of methoxy groups -OCH3 is 2. The number of hydrogen-bond donors (Lipinski definition) is 1. The molecule has 0 amide bonds. The molecular weight excluding hydrogens is 272 g/mol. The van der Waals surface area contributed by atoms with Gasteiger partial charge in [-0.05, 0) is 12.1 Å². The van der Waals surface area contributed by atoms with Crippen LogP contribution in [0.2, 0.25) is 0 Å². The summed E-state index contributed by atoms with van der Waals surface area (Å²) in [4.78, 5) is 0. The molecule has 0 spiro atoms. The van der Waals surface area contributed by atoms with Gasteiger partial charge in [-0.15, -0.1) is 0 Å². The number of aromatic amines is 1. The van der Waals surface area contributed by atoms with Gasteiger partial charge in [0.15, 0.2) is 0 Å². The Morgan fingerprint density at radius 2 is 1.81 bits per heavy atom. The zero-order chi connectivity index (χ0) is 11.5. The molecule has 1 aromatic heterocycles. The van der Waals surface area contributed by atoms with E-state index in [1.54, 1.807) is 26.6 Å². The van der Waals surface area contributed by atoms with Crippen molar-refractivity contribution < 1.29 is 9.47 Å². The number of nitrogens with zero attached hydrogens (tertiary/aromatic N) is 1. The average molecular weight is 283 g/mol. The highest BCUT2D eigenvalue weighted by molar-refractivity contribution is 9.10. The molecule has 1 N–H and O–H groups in total. The van der Waals surface area contributed by atoms with Crippen molar-refractivity contribution in [2.24, 2.45) is 0 Å². The fraction of sp³-hybridized carbons (Fsp3) is 0.182. The van der Waals surface area contributed by atoms with Crippen LogP contribution in [0.15, 0.2) is 29.0 Å². The largest absolute Gasteiger partial charge is 0.496 e. The third-order valence-corrected chi connectivity index (χ3v) is 2.72. The first-order chi connectivity index (χ1) is 7.76. The van der Waals surface area contributed by atoms with Gasteiger partial charge in [-0.25, -0.2) is 0 Å². The molecule has 84 valence electrons. The minimum Gasteiger partial charge on any atom is -0.496 e. The maximum Gasteiger partial charge on any atom is 0.131 e. The fourth-order valence-electron chi connectivity index (χ4n) is 1.55. The van der Waals surface area contributed by atoms with Gasteiger partial charge in [-0.1, -0.05) is 15.9 Å². The standard InChI is InChI=1S/C11H11BrN2O2/c1-15-9-3-8(12)4-10(16-2)11(9)7-5-13-14-6-7/h3-6H,1-2H3,(H,13,14). The highest BCUT2D eigenvalue weighted by Crippen LogP contribution is 2.40. The quantitative estimate of drug-likeness (QED) is 0.942. The van der Waals surface area contributed by atoms with Gasteiger partial charge < -0.3 is 9.47 Å². The second kappa shape index (κ2) is 4.57. The Bertz CT molecular complexity index is 458. The lowest BCUT2D eigenvalue weighted by molar-refractivity contribution is 0.397. The molecule has 0 saturated heterocycles. The first kappa shape index (κ1) is 11.0. The van der Waals surface area contributed by atoms with E-state index in [9.17, 15) is 0 Å². The van der Waals surface area contributed by atoms with Crippen molar-refractivity contribution in [1.29, 1.82) is 0 Å². The Morgan fingerprint density at radius 1 is 1.19 bits per heavy atom. The van der Waals surface area contributed by atoms with E-state index in [2.05, 4.69) is 26.1 Å². The number of nitrogens with one attached hydrogen (secondary N) is 1. The molecular formula is C11H11BrN2O2. The summed E-state index contributed by atoms with van der Waals surface area (Å²) in [5.41, 5.74) is 1.82. The number of aromatic nitrogens is 2. The fourth-order valence-corrected chi connectivity index (χ4v) is 1.97. The molecule has 0 bridgehead atoms. The third kappa shape index (κ3) is 1.90. The Hall–Kier alpha value is -1.49. The van der Waals surface area contributed by atoms with Crippen LogP contribution in [0.1, 0.15) is 0 Å². The molecule has 0 aliphatic heterocycles. The van der Waals surface area contributed by atoms with Gasteiger partial charge in [-0.3, -0.25) is 5.10 Å². The molecule has 0 fully saturated rings. The van der Waals surface area contributed by atoms with Crippen LogP contribution < -0.4 is 9.47 Å². The lowest BCUT2D eigenvalue weighted by Gasteiger charge is -2.12. The lowest BCUT2D eigenvalue weighted by Crippen LogP contribution is -1.92. The Labute approximate surface area is 102 Å². The van der Waals surface area contributed by atoms with Gasteiger partial charge in [0.05, 0.1) is 26.0 Å². The van der Waals surface area contributed by atoms with Gasteiger partial charge in [0.2, 0.25) is 0 Å². The van der Waals surface area contributed by atoms with Gasteiger partial charge in [-0.2, -0.15) is 5.10 Å². The molecule has 5 heteroatoms. The van der Waals surface area contributed by atoms with Crippen molar-refractivity contribution in [2.45, 2.75) is 0 Å². The van der Waals surface area contributed by atoms with Gasteiger partial charge >= 0.3 is 0 Å². The maximum atomic E-state index is 5.34. The summed E-state index contributed by atoms with van der Waals surface area (Å²) in [6.45, 7) is 0. The van der Waals surface area contributed by atoms with Gasteiger partial charge in [0.25, 0.3) is 0 Å². The van der Waals surface area contributed by atoms with E-state index in [1.807, 2.05) is 12.1 Å². The summed E-state index contributed by atoms with van der Waals surface area (Å²) in [5, 5.41) is 6.70. The number of halogens is 1. The first-order valence-corrected chi connectivity index (χ1v) is 5.46. The van der Waals surface area contributed by atoms with E-state index < -0.39 is 0 Å². The van der Waals surface area contributed by atoms with Crippen LogP contribution in [0.5, 0.6) is 11.5 Å². The van der Waals surface area contributed by atoms with Crippen molar-refractivity contribution in [3.63, 3.8) is 0 Å². The number of rotatable bonds is 3. The van der Waals surface area contributed by atoms with Crippen molar-refractivity contribution >= 4 is 15.9 Å². The van der Waals surface area contributed by atoms with Crippen LogP contribution in [0.25, 0.3) is 11.1 Å². The van der Waals surface area contributed by atoms with Crippen LogP contribution in [0, 0.1) is 0 Å². The molecule has 0 atom stereocenters. The predicted octanol–water partition coefficient (Wildman–Crippen LogP) is 2.86. The first-order valence-electron chi connectivity index (χ1n) is 4.67. The molecule has 2 rings (SSSR count). The smallest absolute Gasteiger partial charge is 0.131 e. The molecule has 2 aromatic rings. The van der Waals surface area contributed by atoms with E-state index in [-0.39, 0.29) is 0 Å². The molecule has 0 saturated carbocycles. The summed E-state index contributed by atoms with van der Waals surface area (Å²) < 4.78 is 11.6. The van der Waals surface area contributed by atoms with Crippen LogP contribution >= 0.6 is 15.9 Å². The van der Waals surface area contributed by atoms with E-state index in [0.29, 0.717) is 0 Å². The number of benzene rings is 1. The zero-order valence-electron chi connectivity index (χ0n) is 8.95. The minimum atomic E-state index is 0.743. The highest BCUT2D eigenvalue weighted by atomic mass is 79.9. The summed E-state index contributed by atoms with van der Waals surface area (Å²) in [6, 6.07) is 3.79. The minimum absolute atomic E-state index is 0.743. The number of H-pyrrole nitrogens is 1. The molecule has 1 aromatic carbocycles. The SMILES string of the molecule is COc1cc(Br)cc(OC)c1-c1cn[nH]c1. The van der Waals surface area contributed by atoms with Crippen LogP contribution in [-0.4, -0.2) is 24.4 Å². The van der Waals surface area contributed by atoms with Crippen molar-refractivity contribution in [3.05, 3.63) is 29.0 Å². The predicted molar refractivity (Wildman–Crippen MR) is 64.8 cm³/mol. The Kier molecular flexibility index (Phi) is 3.14. The topological polar surface area (TPSA) is 47.1 Å². The Morgan fingerprint density at radius 3 is 2.25 bits per heavy atom. The summed E-state index contributed by atoms with van der Waals surface area (Å²) in [6.07, 6.45) is 3.53. The summed E-state index contributed by atoms with van der Waals surface area (Å²) in [7, 11) is 3.26. The summed E-state index contributed by atoms with van der Waals surface area (Å²) in [5.74, 6) is 1.49. The second-order valence-corrected chi connectivity index (χ2v) is 4.09. The van der Waals surface area contributed by atoms with E-state index in [4.69, 9.17) is 9.47 Å². The van der Waals surface area contributed by atoms with Gasteiger partial charge in [0.1, 0.15) is 11.5 Å².